The average Bonchev–Trinajstić information content (AvgIpc) is 2.36. The molecule has 1 aromatic carbocycles. The Balaban J connectivity index is 2.74. The van der Waals surface area contributed by atoms with E-state index in [0.29, 0.717) is 18.5 Å². The number of nitrogens with two attached hydrogens (primary N) is 1. The monoisotopic (exact) mass is 263 g/mol. The molecule has 0 heterocycles. The minimum Gasteiger partial charge on any atom is -0.497 e. The molecule has 106 valence electrons. The number of ether oxygens (including phenoxy) is 1. The molecule has 4 heteroatoms. The van der Waals surface area contributed by atoms with Crippen LogP contribution in [0.4, 0.5) is 0 Å². The lowest BCUT2D eigenvalue weighted by molar-refractivity contribution is 0.414. The SMILES string of the molecule is COc1ccc(C(C)(C)CN=C(N)NC(C)C)cc1. The van der Waals surface area contributed by atoms with Crippen molar-refractivity contribution in [3.8, 4) is 5.75 Å². The van der Waals surface area contributed by atoms with Crippen LogP contribution in [0.25, 0.3) is 0 Å². The molecule has 0 aliphatic heterocycles. The van der Waals surface area contributed by atoms with Gasteiger partial charge in [-0.3, -0.25) is 4.99 Å². The largest absolute Gasteiger partial charge is 0.497 e. The van der Waals surface area contributed by atoms with Gasteiger partial charge >= 0.3 is 0 Å². The number of nitrogens with one attached hydrogen (secondary N) is 1. The molecule has 19 heavy (non-hydrogen) atoms. The van der Waals surface area contributed by atoms with Crippen LogP contribution in [-0.2, 0) is 5.41 Å². The molecule has 0 aliphatic rings. The maximum Gasteiger partial charge on any atom is 0.188 e. The third-order valence-corrected chi connectivity index (χ3v) is 2.95. The minimum absolute atomic E-state index is 0.0600. The van der Waals surface area contributed by atoms with Gasteiger partial charge < -0.3 is 15.8 Å². The summed E-state index contributed by atoms with van der Waals surface area (Å²) >= 11 is 0. The van der Waals surface area contributed by atoms with Gasteiger partial charge in [0.2, 0.25) is 0 Å². The Labute approximate surface area is 116 Å². The highest BCUT2D eigenvalue weighted by Gasteiger charge is 2.20. The second-order valence-corrected chi connectivity index (χ2v) is 5.61. The van der Waals surface area contributed by atoms with Crippen LogP contribution in [0.15, 0.2) is 29.3 Å². The summed E-state index contributed by atoms with van der Waals surface area (Å²) in [4.78, 5) is 4.41. The van der Waals surface area contributed by atoms with Gasteiger partial charge in [0.05, 0.1) is 13.7 Å². The zero-order valence-corrected chi connectivity index (χ0v) is 12.5. The van der Waals surface area contributed by atoms with Gasteiger partial charge in [0, 0.05) is 11.5 Å². The zero-order valence-electron chi connectivity index (χ0n) is 12.5. The molecular weight excluding hydrogens is 238 g/mol. The van der Waals surface area contributed by atoms with Crippen molar-refractivity contribution in [1.82, 2.24) is 5.32 Å². The number of guanidine groups is 1. The summed E-state index contributed by atoms with van der Waals surface area (Å²) < 4.78 is 5.17. The molecule has 0 aromatic heterocycles. The van der Waals surface area contributed by atoms with Gasteiger partial charge in [-0.15, -0.1) is 0 Å². The van der Waals surface area contributed by atoms with E-state index in [-0.39, 0.29) is 5.41 Å². The summed E-state index contributed by atoms with van der Waals surface area (Å²) in [5, 5.41) is 3.09. The Morgan fingerprint density at radius 2 is 1.89 bits per heavy atom. The smallest absolute Gasteiger partial charge is 0.188 e. The molecule has 1 rings (SSSR count). The van der Waals surface area contributed by atoms with Crippen LogP contribution in [0.5, 0.6) is 5.75 Å². The molecule has 0 unspecified atom stereocenters. The number of methoxy groups -OCH3 is 1. The van der Waals surface area contributed by atoms with Crippen molar-refractivity contribution < 1.29 is 4.74 Å². The fourth-order valence-electron chi connectivity index (χ4n) is 1.76. The fraction of sp³-hybridized carbons (Fsp3) is 0.533. The number of rotatable bonds is 5. The van der Waals surface area contributed by atoms with E-state index in [1.54, 1.807) is 7.11 Å². The van der Waals surface area contributed by atoms with Gasteiger partial charge in [0.1, 0.15) is 5.75 Å². The molecule has 3 N–H and O–H groups in total. The predicted molar refractivity (Wildman–Crippen MR) is 80.8 cm³/mol. The minimum atomic E-state index is -0.0600. The molecule has 0 fully saturated rings. The van der Waals surface area contributed by atoms with E-state index < -0.39 is 0 Å². The van der Waals surface area contributed by atoms with Crippen LogP contribution >= 0.6 is 0 Å². The molecule has 0 atom stereocenters. The first-order valence-corrected chi connectivity index (χ1v) is 6.56. The molecule has 1 aromatic rings. The quantitative estimate of drug-likeness (QED) is 0.633. The van der Waals surface area contributed by atoms with E-state index >= 15 is 0 Å². The van der Waals surface area contributed by atoms with Gasteiger partial charge in [-0.1, -0.05) is 26.0 Å². The lowest BCUT2D eigenvalue weighted by atomic mass is 9.85. The van der Waals surface area contributed by atoms with Crippen molar-refractivity contribution in [1.29, 1.82) is 0 Å². The number of nitrogens with zero attached hydrogens (tertiary/aromatic N) is 1. The highest BCUT2D eigenvalue weighted by Crippen LogP contribution is 2.25. The van der Waals surface area contributed by atoms with Crippen molar-refractivity contribution in [3.05, 3.63) is 29.8 Å². The molecule has 0 spiro atoms. The van der Waals surface area contributed by atoms with E-state index in [2.05, 4.69) is 36.3 Å². The van der Waals surface area contributed by atoms with Gasteiger partial charge in [-0.25, -0.2) is 0 Å². The zero-order chi connectivity index (χ0) is 14.5. The lowest BCUT2D eigenvalue weighted by Crippen LogP contribution is -2.38. The Bertz CT molecular complexity index is 422. The number of aliphatic imine (C=N–C) groups is 1. The van der Waals surface area contributed by atoms with Gasteiger partial charge in [-0.05, 0) is 31.5 Å². The van der Waals surface area contributed by atoms with Gasteiger partial charge in [0.15, 0.2) is 5.96 Å². The van der Waals surface area contributed by atoms with Crippen LogP contribution in [-0.4, -0.2) is 25.7 Å². The predicted octanol–water partition coefficient (Wildman–Crippen LogP) is 2.29. The highest BCUT2D eigenvalue weighted by atomic mass is 16.5. The first-order chi connectivity index (χ1) is 8.85. The third kappa shape index (κ3) is 4.81. The van der Waals surface area contributed by atoms with Crippen LogP contribution in [0.1, 0.15) is 33.3 Å². The average molecular weight is 263 g/mol. The van der Waals surface area contributed by atoms with Crippen LogP contribution in [0, 0.1) is 0 Å². The molecule has 0 saturated heterocycles. The Hall–Kier alpha value is -1.71. The fourth-order valence-corrected chi connectivity index (χ4v) is 1.76. The number of hydrogen-bond donors (Lipinski definition) is 2. The summed E-state index contributed by atoms with van der Waals surface area (Å²) in [6, 6.07) is 8.38. The van der Waals surface area contributed by atoms with E-state index in [0.717, 1.165) is 5.75 Å². The number of hydrogen-bond acceptors (Lipinski definition) is 2. The van der Waals surface area contributed by atoms with Crippen LogP contribution < -0.4 is 15.8 Å². The van der Waals surface area contributed by atoms with E-state index in [9.17, 15) is 0 Å². The maximum absolute atomic E-state index is 5.82. The Morgan fingerprint density at radius 1 is 1.32 bits per heavy atom. The van der Waals surface area contributed by atoms with Gasteiger partial charge in [-0.2, -0.15) is 0 Å². The molecule has 0 aliphatic carbocycles. The molecule has 0 bridgehead atoms. The first kappa shape index (κ1) is 15.3. The molecule has 4 nitrogen and oxygen atoms in total. The van der Waals surface area contributed by atoms with E-state index in [1.165, 1.54) is 5.56 Å². The summed E-state index contributed by atoms with van der Waals surface area (Å²) in [6.07, 6.45) is 0. The Morgan fingerprint density at radius 3 is 2.37 bits per heavy atom. The van der Waals surface area contributed by atoms with Crippen LogP contribution in [0.2, 0.25) is 0 Å². The molecular formula is C15H25N3O. The summed E-state index contributed by atoms with van der Waals surface area (Å²) in [7, 11) is 1.67. The normalized spacial score (nSPS) is 12.6. The summed E-state index contributed by atoms with van der Waals surface area (Å²) in [5.41, 5.74) is 6.98. The molecule has 0 saturated carbocycles. The lowest BCUT2D eigenvalue weighted by Gasteiger charge is -2.23. The van der Waals surface area contributed by atoms with Crippen molar-refractivity contribution in [2.45, 2.75) is 39.2 Å². The topological polar surface area (TPSA) is 59.6 Å². The van der Waals surface area contributed by atoms with Crippen LogP contribution in [0.3, 0.4) is 0 Å². The maximum atomic E-state index is 5.82. The van der Waals surface area contributed by atoms with E-state index in [4.69, 9.17) is 10.5 Å². The third-order valence-electron chi connectivity index (χ3n) is 2.95. The second kappa shape index (κ2) is 6.45. The summed E-state index contributed by atoms with van der Waals surface area (Å²) in [5.74, 6) is 1.36. The first-order valence-electron chi connectivity index (χ1n) is 6.56. The van der Waals surface area contributed by atoms with E-state index in [1.807, 2.05) is 26.0 Å². The number of benzene rings is 1. The highest BCUT2D eigenvalue weighted by molar-refractivity contribution is 5.78. The van der Waals surface area contributed by atoms with Crippen molar-refractivity contribution in [3.63, 3.8) is 0 Å². The van der Waals surface area contributed by atoms with Crippen molar-refractivity contribution in [2.75, 3.05) is 13.7 Å². The summed E-state index contributed by atoms with van der Waals surface area (Å²) in [6.45, 7) is 9.03. The Kier molecular flexibility index (Phi) is 5.21. The van der Waals surface area contributed by atoms with Crippen molar-refractivity contribution >= 4 is 5.96 Å². The second-order valence-electron chi connectivity index (χ2n) is 5.61. The van der Waals surface area contributed by atoms with Crippen molar-refractivity contribution in [2.24, 2.45) is 10.7 Å². The standard InChI is InChI=1S/C15H25N3O/c1-11(2)18-14(16)17-10-15(3,4)12-6-8-13(19-5)9-7-12/h6-9,11H,10H2,1-5H3,(H3,16,17,18). The van der Waals surface area contributed by atoms with Gasteiger partial charge in [0.25, 0.3) is 0 Å². The molecule has 0 radical (unpaired) electrons. The molecule has 0 amide bonds.